The predicted molar refractivity (Wildman–Crippen MR) is 214 cm³/mol. The van der Waals surface area contributed by atoms with Gasteiger partial charge in [-0.2, -0.15) is 0 Å². The standard InChI is InChI=1S/C14H30O4.C10H22O3.C6H14O3.C5H12O2.C4H10O3/c1-3-5-7-15-9-11-17-13-14-18-12-10-16-8-6-4-2;1-2-3-4-5-7-12-9-10-13-8-6-11;1-2-8-5-6-9-4-3-7;1-2-4-7-5-3-6;5-1-3-7-4-2-6/h3-14H2,1-2H3;11H,2-10H2,1H3;7H,2-6H2,1H3;6H,2-5H2,1H3;5-6H,1-4H2. The molecule has 0 aromatic carbocycles. The van der Waals surface area contributed by atoms with Crippen LogP contribution in [0.5, 0.6) is 0 Å². The van der Waals surface area contributed by atoms with E-state index in [1.807, 2.05) is 13.8 Å². The second kappa shape index (κ2) is 73.5. The SMILES string of the molecule is CCCCCCOCCOCCO.CCCCOCCOCCOCCOCCCC.CCCOCCO.CCOCCOCCO.OCCOCCO. The molecule has 0 aromatic rings. The van der Waals surface area contributed by atoms with Gasteiger partial charge in [-0.1, -0.05) is 59.8 Å². The third kappa shape index (κ3) is 88.5. The number of aliphatic hydroxyl groups is 5. The summed E-state index contributed by atoms with van der Waals surface area (Å²) in [6, 6.07) is 0. The van der Waals surface area contributed by atoms with E-state index in [0.29, 0.717) is 99.1 Å². The molecule has 0 amide bonds. The number of rotatable bonds is 39. The van der Waals surface area contributed by atoms with E-state index in [0.717, 1.165) is 58.7 Å². The normalized spacial score (nSPS) is 10.3. The Hall–Kier alpha value is -0.600. The molecule has 334 valence electrons. The van der Waals surface area contributed by atoms with Gasteiger partial charge in [0, 0.05) is 33.0 Å². The third-order valence-electron chi connectivity index (χ3n) is 6.02. The minimum absolute atomic E-state index is 0.0278. The zero-order valence-corrected chi connectivity index (χ0v) is 35.4. The molecule has 0 saturated carbocycles. The van der Waals surface area contributed by atoms with Crippen molar-refractivity contribution in [3.8, 4) is 0 Å². The molecule has 0 spiro atoms. The quantitative estimate of drug-likeness (QED) is 0.0566. The van der Waals surface area contributed by atoms with Crippen LogP contribution < -0.4 is 0 Å². The molecule has 0 aliphatic carbocycles. The highest BCUT2D eigenvalue weighted by molar-refractivity contribution is 4.40. The lowest BCUT2D eigenvalue weighted by molar-refractivity contribution is -0.00227. The summed E-state index contributed by atoms with van der Waals surface area (Å²) < 4.78 is 51.2. The Bertz CT molecular complexity index is 476. The maximum atomic E-state index is 8.40. The molecule has 0 fully saturated rings. The van der Waals surface area contributed by atoms with Crippen LogP contribution in [0.3, 0.4) is 0 Å². The van der Waals surface area contributed by atoms with Gasteiger partial charge in [-0.25, -0.2) is 0 Å². The Kier molecular flexibility index (Phi) is 85.2. The van der Waals surface area contributed by atoms with E-state index in [1.165, 1.54) is 32.1 Å². The van der Waals surface area contributed by atoms with Crippen molar-refractivity contribution in [1.29, 1.82) is 0 Å². The monoisotopic (exact) mass is 797 g/mol. The molecule has 5 N–H and O–H groups in total. The van der Waals surface area contributed by atoms with E-state index in [4.69, 9.17) is 68.2 Å². The van der Waals surface area contributed by atoms with Crippen molar-refractivity contribution >= 4 is 0 Å². The van der Waals surface area contributed by atoms with Crippen molar-refractivity contribution in [3.63, 3.8) is 0 Å². The molecule has 0 rings (SSSR count). The van der Waals surface area contributed by atoms with E-state index >= 15 is 0 Å². The summed E-state index contributed by atoms with van der Waals surface area (Å²) in [5.41, 5.74) is 0. The van der Waals surface area contributed by atoms with Gasteiger partial charge in [0.2, 0.25) is 0 Å². The molecule has 0 aliphatic rings. The predicted octanol–water partition coefficient (Wildman–Crippen LogP) is 3.67. The molecule has 15 nitrogen and oxygen atoms in total. The number of hydrogen-bond donors (Lipinski definition) is 5. The first-order valence-electron chi connectivity index (χ1n) is 20.4. The van der Waals surface area contributed by atoms with Crippen LogP contribution in [0.1, 0.15) is 92.4 Å². The van der Waals surface area contributed by atoms with E-state index in [2.05, 4.69) is 25.5 Å². The van der Waals surface area contributed by atoms with Gasteiger partial charge >= 0.3 is 0 Å². The fourth-order valence-electron chi connectivity index (χ4n) is 3.24. The summed E-state index contributed by atoms with van der Waals surface area (Å²) in [5.74, 6) is 0. The Morgan fingerprint density at radius 1 is 0.222 bits per heavy atom. The van der Waals surface area contributed by atoms with Crippen LogP contribution in [0.2, 0.25) is 0 Å². The Labute approximate surface area is 330 Å². The molecule has 0 saturated heterocycles. The average molecular weight is 797 g/mol. The van der Waals surface area contributed by atoms with Crippen molar-refractivity contribution in [1.82, 2.24) is 0 Å². The van der Waals surface area contributed by atoms with Crippen LogP contribution in [0.25, 0.3) is 0 Å². The topological polar surface area (TPSA) is 193 Å². The first-order valence-corrected chi connectivity index (χ1v) is 20.4. The van der Waals surface area contributed by atoms with Gasteiger partial charge in [0.05, 0.1) is 132 Å². The first-order chi connectivity index (χ1) is 26.6. The lowest BCUT2D eigenvalue weighted by Gasteiger charge is -2.07. The Morgan fingerprint density at radius 3 is 0.778 bits per heavy atom. The van der Waals surface area contributed by atoms with Crippen LogP contribution >= 0.6 is 0 Å². The summed E-state index contributed by atoms with van der Waals surface area (Å²) >= 11 is 0. The largest absolute Gasteiger partial charge is 0.394 e. The van der Waals surface area contributed by atoms with Crippen LogP contribution in [0.15, 0.2) is 0 Å². The van der Waals surface area contributed by atoms with Gasteiger partial charge in [-0.3, -0.25) is 0 Å². The van der Waals surface area contributed by atoms with Gasteiger partial charge in [0.1, 0.15) is 0 Å². The summed E-state index contributed by atoms with van der Waals surface area (Å²) in [7, 11) is 0. The molecule has 0 aliphatic heterocycles. The van der Waals surface area contributed by atoms with Crippen molar-refractivity contribution in [3.05, 3.63) is 0 Å². The highest BCUT2D eigenvalue weighted by atomic mass is 16.6. The van der Waals surface area contributed by atoms with Gasteiger partial charge in [-0.05, 0) is 32.6 Å². The fraction of sp³-hybridized carbons (Fsp3) is 1.00. The smallest absolute Gasteiger partial charge is 0.0701 e. The zero-order valence-electron chi connectivity index (χ0n) is 35.4. The highest BCUT2D eigenvalue weighted by Gasteiger charge is 1.93. The summed E-state index contributed by atoms with van der Waals surface area (Å²) in [4.78, 5) is 0. The first kappa shape index (κ1) is 62.6. The number of ether oxygens (including phenoxy) is 10. The third-order valence-corrected chi connectivity index (χ3v) is 6.02. The zero-order chi connectivity index (χ0) is 41.1. The van der Waals surface area contributed by atoms with E-state index in [-0.39, 0.29) is 33.0 Å². The number of hydrogen-bond acceptors (Lipinski definition) is 15. The van der Waals surface area contributed by atoms with Crippen LogP contribution in [0.4, 0.5) is 0 Å². The van der Waals surface area contributed by atoms with Gasteiger partial charge in [0.25, 0.3) is 0 Å². The van der Waals surface area contributed by atoms with Crippen LogP contribution in [-0.4, -0.2) is 191 Å². The maximum absolute atomic E-state index is 8.40. The molecule has 0 bridgehead atoms. The molecule has 0 atom stereocenters. The summed E-state index contributed by atoms with van der Waals surface area (Å²) in [6.45, 7) is 23.2. The lowest BCUT2D eigenvalue weighted by atomic mass is 10.2. The molecule has 0 unspecified atom stereocenters. The van der Waals surface area contributed by atoms with E-state index in [1.54, 1.807) is 0 Å². The summed E-state index contributed by atoms with van der Waals surface area (Å²) in [6.07, 6.45) is 10.6. The van der Waals surface area contributed by atoms with Crippen molar-refractivity contribution in [2.45, 2.75) is 92.4 Å². The minimum Gasteiger partial charge on any atom is -0.394 e. The molecule has 54 heavy (non-hydrogen) atoms. The molecule has 0 heterocycles. The van der Waals surface area contributed by atoms with Gasteiger partial charge in [-0.15, -0.1) is 0 Å². The average Bonchev–Trinajstić information content (AvgIpc) is 3.19. The van der Waals surface area contributed by atoms with Crippen molar-refractivity contribution in [2.75, 3.05) is 165 Å². The van der Waals surface area contributed by atoms with Gasteiger partial charge in [0.15, 0.2) is 0 Å². The van der Waals surface area contributed by atoms with E-state index < -0.39 is 0 Å². The maximum Gasteiger partial charge on any atom is 0.0701 e. The molecule has 0 aromatic heterocycles. The molecule has 15 heteroatoms. The number of aliphatic hydroxyl groups excluding tert-OH is 5. The number of unbranched alkanes of at least 4 members (excludes halogenated alkanes) is 5. The van der Waals surface area contributed by atoms with Crippen LogP contribution in [-0.2, 0) is 47.4 Å². The summed E-state index contributed by atoms with van der Waals surface area (Å²) in [5, 5.41) is 41.0. The van der Waals surface area contributed by atoms with Gasteiger partial charge < -0.3 is 72.9 Å². The Morgan fingerprint density at radius 2 is 0.481 bits per heavy atom. The second-order valence-electron chi connectivity index (χ2n) is 11.1. The molecular weight excluding hydrogens is 708 g/mol. The van der Waals surface area contributed by atoms with E-state index in [9.17, 15) is 0 Å². The molecule has 0 radical (unpaired) electrons. The second-order valence-corrected chi connectivity index (χ2v) is 11.1. The van der Waals surface area contributed by atoms with Crippen LogP contribution in [0, 0.1) is 0 Å². The highest BCUT2D eigenvalue weighted by Crippen LogP contribution is 1.98. The van der Waals surface area contributed by atoms with Crippen molar-refractivity contribution in [2.24, 2.45) is 0 Å². The minimum atomic E-state index is 0.0278. The Balaban J connectivity index is -0.000000196. The lowest BCUT2D eigenvalue weighted by Crippen LogP contribution is -2.12. The molecular formula is C39H88O15. The fourth-order valence-corrected chi connectivity index (χ4v) is 3.24. The van der Waals surface area contributed by atoms with Crippen molar-refractivity contribution < 1.29 is 72.9 Å².